The summed E-state index contributed by atoms with van der Waals surface area (Å²) in [5.74, 6) is -0.387. The van der Waals surface area contributed by atoms with Gasteiger partial charge in [0.25, 0.3) is 0 Å². The minimum Gasteiger partial charge on any atom is -0.406 e. The Bertz CT molecular complexity index is 632. The molecule has 1 aromatic rings. The predicted molar refractivity (Wildman–Crippen MR) is 94.3 cm³/mol. The van der Waals surface area contributed by atoms with Crippen LogP contribution >= 0.6 is 0 Å². The lowest BCUT2D eigenvalue weighted by atomic mass is 10.1. The Morgan fingerprint density at radius 2 is 2.00 bits per heavy atom. The van der Waals surface area contributed by atoms with Crippen LogP contribution in [0.3, 0.4) is 0 Å². The summed E-state index contributed by atoms with van der Waals surface area (Å²) in [5.41, 5.74) is 0.289. The van der Waals surface area contributed by atoms with Crippen molar-refractivity contribution >= 4 is 11.7 Å². The van der Waals surface area contributed by atoms with E-state index in [1.807, 2.05) is 6.92 Å². The summed E-state index contributed by atoms with van der Waals surface area (Å²) < 4.78 is 40.2. The molecule has 9 nitrogen and oxygen atoms in total. The zero-order valence-electron chi connectivity index (χ0n) is 15.1. The number of carbonyl (C=O) groups is 1. The van der Waals surface area contributed by atoms with Gasteiger partial charge in [-0.1, -0.05) is 0 Å². The third kappa shape index (κ3) is 7.86. The van der Waals surface area contributed by atoms with Crippen molar-refractivity contribution in [3.63, 3.8) is 0 Å². The Labute approximate surface area is 159 Å². The molecule has 7 N–H and O–H groups in total. The molecule has 4 atom stereocenters. The zero-order valence-corrected chi connectivity index (χ0v) is 15.1. The molecule has 1 heterocycles. The van der Waals surface area contributed by atoms with Crippen LogP contribution in [-0.2, 0) is 0 Å². The number of rotatable bonds is 7. The first kappa shape index (κ1) is 22.2. The fraction of sp³-hybridized carbons (Fsp3) is 0.562. The van der Waals surface area contributed by atoms with Gasteiger partial charge in [0.1, 0.15) is 12.0 Å². The van der Waals surface area contributed by atoms with Gasteiger partial charge in [-0.3, -0.25) is 16.0 Å². The highest BCUT2D eigenvalue weighted by Crippen LogP contribution is 2.23. The van der Waals surface area contributed by atoms with Gasteiger partial charge in [-0.2, -0.15) is 0 Å². The van der Waals surface area contributed by atoms with E-state index < -0.39 is 24.8 Å². The third-order valence-corrected chi connectivity index (χ3v) is 3.84. The Balaban J connectivity index is 1.82. The van der Waals surface area contributed by atoms with E-state index in [2.05, 4.69) is 31.3 Å². The molecule has 1 fully saturated rings. The molecule has 0 radical (unpaired) electrons. The molecule has 4 unspecified atom stereocenters. The van der Waals surface area contributed by atoms with Gasteiger partial charge in [0.2, 0.25) is 0 Å². The van der Waals surface area contributed by atoms with Crippen LogP contribution in [0.5, 0.6) is 5.75 Å². The van der Waals surface area contributed by atoms with E-state index >= 15 is 0 Å². The number of urea groups is 1. The number of hydrogen-bond donors (Lipinski definition) is 7. The molecule has 0 spiro atoms. The summed E-state index contributed by atoms with van der Waals surface area (Å²) in [7, 11) is 0. The summed E-state index contributed by atoms with van der Waals surface area (Å²) in [5, 5.41) is 32.7. The maximum atomic E-state index is 12.1. The van der Waals surface area contributed by atoms with E-state index in [-0.39, 0.29) is 36.8 Å². The molecule has 158 valence electrons. The molecule has 2 amide bonds. The predicted octanol–water partition coefficient (Wildman–Crippen LogP) is 0.231. The maximum Gasteiger partial charge on any atom is 0.573 e. The zero-order chi connectivity index (χ0) is 20.7. The van der Waals surface area contributed by atoms with Crippen molar-refractivity contribution < 1.29 is 32.9 Å². The van der Waals surface area contributed by atoms with Crippen LogP contribution in [0.1, 0.15) is 13.3 Å². The van der Waals surface area contributed by atoms with Crippen LogP contribution < -0.4 is 31.3 Å². The summed E-state index contributed by atoms with van der Waals surface area (Å²) in [6.45, 7) is 1.75. The fourth-order valence-electron chi connectivity index (χ4n) is 2.63. The first-order chi connectivity index (χ1) is 13.1. The van der Waals surface area contributed by atoms with Crippen molar-refractivity contribution in [1.82, 2.24) is 21.3 Å². The van der Waals surface area contributed by atoms with Gasteiger partial charge < -0.3 is 25.6 Å². The van der Waals surface area contributed by atoms with Gasteiger partial charge in [-0.15, -0.1) is 13.2 Å². The van der Waals surface area contributed by atoms with Gasteiger partial charge in [0, 0.05) is 18.3 Å². The Kier molecular flexibility index (Phi) is 7.83. The molecule has 0 aliphatic carbocycles. The summed E-state index contributed by atoms with van der Waals surface area (Å²) >= 11 is 0. The number of nitrogens with one attached hydrogen (secondary N) is 5. The number of aliphatic hydroxyl groups is 2. The molecule has 28 heavy (non-hydrogen) atoms. The standard InChI is InChI=1S/C16H24F3N5O4/c1-9-6-13(20-7-11(26)8-25)23-14(21-9)24-15(27)22-10-2-4-12(5-3-10)28-16(17,18)19/h2-5,9,11,13-14,20-21,23,25-26H,6-8H2,1H3,(H2,22,24,27). The van der Waals surface area contributed by atoms with Crippen molar-refractivity contribution in [2.75, 3.05) is 18.5 Å². The Morgan fingerprint density at radius 1 is 1.32 bits per heavy atom. The Hall–Kier alpha value is -2.12. The number of amides is 2. The van der Waals surface area contributed by atoms with E-state index in [0.717, 1.165) is 12.1 Å². The molecule has 0 saturated carbocycles. The number of alkyl halides is 3. The summed E-state index contributed by atoms with van der Waals surface area (Å²) in [4.78, 5) is 12.1. The number of halogens is 3. The van der Waals surface area contributed by atoms with Gasteiger partial charge in [-0.25, -0.2) is 4.79 Å². The van der Waals surface area contributed by atoms with E-state index in [9.17, 15) is 23.1 Å². The van der Waals surface area contributed by atoms with Crippen LogP contribution in [0.25, 0.3) is 0 Å². The molecule has 0 aromatic heterocycles. The molecule has 1 aliphatic heterocycles. The average molecular weight is 407 g/mol. The topological polar surface area (TPSA) is 127 Å². The van der Waals surface area contributed by atoms with Crippen LogP contribution in [0.15, 0.2) is 24.3 Å². The number of ether oxygens (including phenoxy) is 1. The van der Waals surface area contributed by atoms with Crippen molar-refractivity contribution in [3.8, 4) is 5.75 Å². The minimum atomic E-state index is -4.78. The highest BCUT2D eigenvalue weighted by molar-refractivity contribution is 5.89. The summed E-state index contributed by atoms with van der Waals surface area (Å²) in [6.07, 6.45) is -5.77. The van der Waals surface area contributed by atoms with Crippen LogP contribution in [0, 0.1) is 0 Å². The molecule has 2 rings (SSSR count). The second-order valence-electron chi connectivity index (χ2n) is 6.37. The number of hydrogen-bond acceptors (Lipinski definition) is 7. The van der Waals surface area contributed by atoms with E-state index in [4.69, 9.17) is 5.11 Å². The quantitative estimate of drug-likeness (QED) is 0.345. The van der Waals surface area contributed by atoms with Crippen molar-refractivity contribution in [3.05, 3.63) is 24.3 Å². The van der Waals surface area contributed by atoms with Crippen LogP contribution in [0.2, 0.25) is 0 Å². The van der Waals surface area contributed by atoms with E-state index in [1.165, 1.54) is 12.1 Å². The lowest BCUT2D eigenvalue weighted by Crippen LogP contribution is -2.68. The third-order valence-electron chi connectivity index (χ3n) is 3.84. The highest BCUT2D eigenvalue weighted by atomic mass is 19.4. The Morgan fingerprint density at radius 3 is 2.61 bits per heavy atom. The molecule has 1 aliphatic rings. The monoisotopic (exact) mass is 407 g/mol. The van der Waals surface area contributed by atoms with Gasteiger partial charge >= 0.3 is 12.4 Å². The number of aliphatic hydroxyl groups excluding tert-OH is 2. The molecular formula is C16H24F3N5O4. The van der Waals surface area contributed by atoms with E-state index in [0.29, 0.717) is 6.42 Å². The molecule has 1 saturated heterocycles. The van der Waals surface area contributed by atoms with Crippen LogP contribution in [0.4, 0.5) is 23.7 Å². The lowest BCUT2D eigenvalue weighted by molar-refractivity contribution is -0.274. The maximum absolute atomic E-state index is 12.1. The van der Waals surface area contributed by atoms with Crippen LogP contribution in [-0.4, -0.2) is 60.4 Å². The van der Waals surface area contributed by atoms with Gasteiger partial charge in [0.05, 0.1) is 18.9 Å². The van der Waals surface area contributed by atoms with Crippen molar-refractivity contribution in [1.29, 1.82) is 0 Å². The first-order valence-electron chi connectivity index (χ1n) is 8.62. The number of benzene rings is 1. The smallest absolute Gasteiger partial charge is 0.406 e. The molecule has 0 bridgehead atoms. The SMILES string of the molecule is CC1CC(NCC(O)CO)NC(NC(=O)Nc2ccc(OC(F)(F)F)cc2)N1. The second-order valence-corrected chi connectivity index (χ2v) is 6.37. The number of carbonyl (C=O) groups excluding carboxylic acids is 1. The average Bonchev–Trinajstić information content (AvgIpc) is 2.59. The van der Waals surface area contributed by atoms with Gasteiger partial charge in [-0.05, 0) is 37.6 Å². The molecular weight excluding hydrogens is 383 g/mol. The lowest BCUT2D eigenvalue weighted by Gasteiger charge is -2.37. The number of anilines is 1. The minimum absolute atomic E-state index is 0.0501. The molecule has 12 heteroatoms. The van der Waals surface area contributed by atoms with E-state index in [1.54, 1.807) is 0 Å². The highest BCUT2D eigenvalue weighted by Gasteiger charge is 2.31. The fourth-order valence-corrected chi connectivity index (χ4v) is 2.63. The molecule has 1 aromatic carbocycles. The van der Waals surface area contributed by atoms with Gasteiger partial charge in [0.15, 0.2) is 0 Å². The normalized spacial score (nSPS) is 23.7. The largest absolute Gasteiger partial charge is 0.573 e. The second kappa shape index (κ2) is 9.89. The van der Waals surface area contributed by atoms with Crippen molar-refractivity contribution in [2.24, 2.45) is 0 Å². The first-order valence-corrected chi connectivity index (χ1v) is 8.62. The van der Waals surface area contributed by atoms with Crippen molar-refractivity contribution in [2.45, 2.75) is 44.3 Å². The summed E-state index contributed by atoms with van der Waals surface area (Å²) in [6, 6.07) is 4.23.